The number of hydrogen-bond acceptors (Lipinski definition) is 34. The molecule has 1 aromatic heterocycles. The highest BCUT2D eigenvalue weighted by Gasteiger charge is 2.24. The molecule has 5 N–H and O–H groups in total. The summed E-state index contributed by atoms with van der Waals surface area (Å²) in [4.78, 5) is 54.9. The average Bonchev–Trinajstić information content (AvgIpc) is 0.964. The molecular formula is C54H45N7O29S2. The molecule has 482 valence electrons. The number of phenols is 2. The van der Waals surface area contributed by atoms with E-state index in [4.69, 9.17) is 9.99 Å². The van der Waals surface area contributed by atoms with Gasteiger partial charge in [0.2, 0.25) is 10.9 Å². The zero-order chi connectivity index (χ0) is 65.0. The van der Waals surface area contributed by atoms with Gasteiger partial charge in [-0.3, -0.25) is 24.6 Å². The van der Waals surface area contributed by atoms with Gasteiger partial charge in [-0.05, 0) is 142 Å². The fraction of sp³-hybridized carbons (Fsp3) is 0.111. The first kappa shape index (κ1) is 68.4. The molecule has 8 aromatic carbocycles. The van der Waals surface area contributed by atoms with E-state index >= 15 is 0 Å². The van der Waals surface area contributed by atoms with Crippen molar-refractivity contribution in [2.75, 3.05) is 16.4 Å². The lowest BCUT2D eigenvalue weighted by molar-refractivity contribution is -0.895. The van der Waals surface area contributed by atoms with E-state index < -0.39 is 22.7 Å². The van der Waals surface area contributed by atoms with Crippen molar-refractivity contribution in [3.8, 4) is 28.7 Å². The monoisotopic (exact) mass is 1320 g/mol. The molecule has 38 heteroatoms. The number of nitrogens with zero attached hydrogens (tertiary/aromatic N) is 5. The number of rotatable bonds is 34. The minimum absolute atomic E-state index is 0.0148. The highest BCUT2D eigenvalue weighted by molar-refractivity contribution is 7.99. The summed E-state index contributed by atoms with van der Waals surface area (Å²) in [5, 5.41) is 129. The van der Waals surface area contributed by atoms with E-state index in [1.807, 2.05) is 81.4 Å². The lowest BCUT2D eigenvalue weighted by Crippen LogP contribution is -2.13. The Hall–Kier alpha value is -9.54. The van der Waals surface area contributed by atoms with Gasteiger partial charge in [-0.25, -0.2) is 10.1 Å². The Balaban J connectivity index is 0.000000237. The number of phenolic OH excluding ortho intramolecular Hbond substituents is 2. The van der Waals surface area contributed by atoms with Crippen LogP contribution in [0.4, 0.5) is 17.1 Å². The van der Waals surface area contributed by atoms with Gasteiger partial charge in [0.25, 0.3) is 11.8 Å². The third-order valence-electron chi connectivity index (χ3n) is 11.9. The number of para-hydroxylation sites is 2. The Bertz CT molecular complexity index is 3930. The maximum Gasteiger partial charge on any atom is 0.346 e. The van der Waals surface area contributed by atoms with Gasteiger partial charge >= 0.3 is 11.7 Å². The molecule has 0 saturated carbocycles. The summed E-state index contributed by atoms with van der Waals surface area (Å²) in [6.45, 7) is 5.60. The second-order valence-corrected chi connectivity index (χ2v) is 19.8. The third kappa shape index (κ3) is 20.0. The van der Waals surface area contributed by atoms with Crippen LogP contribution >= 0.6 is 23.5 Å². The maximum absolute atomic E-state index is 13.3. The van der Waals surface area contributed by atoms with Crippen molar-refractivity contribution in [2.24, 2.45) is 0 Å². The van der Waals surface area contributed by atoms with Crippen LogP contribution in [0.3, 0.4) is 0 Å². The van der Waals surface area contributed by atoms with Crippen molar-refractivity contribution in [1.29, 1.82) is 0 Å². The van der Waals surface area contributed by atoms with E-state index in [1.165, 1.54) is 47.8 Å². The van der Waals surface area contributed by atoms with Gasteiger partial charge in [0, 0.05) is 105 Å². The number of aromatic hydroxyl groups is 2. The van der Waals surface area contributed by atoms with Crippen LogP contribution in [0.15, 0.2) is 162 Å². The predicted molar refractivity (Wildman–Crippen MR) is 301 cm³/mol. The number of tetrazole rings is 1. The Kier molecular flexibility index (Phi) is 26.6. The van der Waals surface area contributed by atoms with Gasteiger partial charge in [0.1, 0.15) is 17.2 Å². The van der Waals surface area contributed by atoms with Crippen molar-refractivity contribution in [3.63, 3.8) is 0 Å². The minimum atomic E-state index is -0.895. The number of aromatic nitrogens is 4. The molecule has 0 fully saturated rings. The number of ether oxygens (including phenoxy) is 1. The van der Waals surface area contributed by atoms with Crippen LogP contribution in [0.25, 0.3) is 27.2 Å². The Morgan fingerprint density at radius 1 is 0.554 bits per heavy atom. The van der Waals surface area contributed by atoms with Crippen LogP contribution in [0.1, 0.15) is 49.4 Å². The molecular weight excluding hydrogens is 1270 g/mol. The van der Waals surface area contributed by atoms with Crippen molar-refractivity contribution in [2.45, 2.75) is 43.0 Å². The van der Waals surface area contributed by atoms with Crippen molar-refractivity contribution in [3.05, 3.63) is 195 Å². The van der Waals surface area contributed by atoms with Gasteiger partial charge in [-0.1, -0.05) is 115 Å². The quantitative estimate of drug-likeness (QED) is 0.00822. The average molecular weight is 1320 g/mol. The number of nitrogens with one attached hydrogen (secondary N) is 2. The molecule has 0 saturated heterocycles. The topological polar surface area (TPSA) is 417 Å². The van der Waals surface area contributed by atoms with E-state index in [0.717, 1.165) is 22.4 Å². The number of nitro groups is 1. The van der Waals surface area contributed by atoms with E-state index in [9.17, 15) is 34.7 Å². The van der Waals surface area contributed by atoms with Gasteiger partial charge in [0.05, 0.1) is 28.2 Å². The SMILES string of the molecule is Cc1ccc(C)c(NC(=O)c2cc(SCCC(=O)OOOOOOOOOOOOOOOOOOOOO)c3ccccc3c2O)c1.Cc1ccccc1NC(=O)c1cc(Oc2ccc(CSc3nnnn3-c3ccccc3)cc2[N+](=O)[O-])c2ccccc2c1O. The number of fused-ring (bicyclic) bond motifs is 2. The molecule has 0 bridgehead atoms. The molecule has 9 aromatic rings. The molecule has 0 radical (unpaired) electrons. The summed E-state index contributed by atoms with van der Waals surface area (Å²) < 4.78 is 7.71. The predicted octanol–water partition coefficient (Wildman–Crippen LogP) is 10.7. The van der Waals surface area contributed by atoms with E-state index in [2.05, 4.69) is 127 Å². The molecule has 92 heavy (non-hydrogen) atoms. The molecule has 0 aliphatic heterocycles. The van der Waals surface area contributed by atoms with Crippen LogP contribution in [-0.2, 0) is 111 Å². The Labute approximate surface area is 521 Å². The number of benzene rings is 8. The first-order valence-corrected chi connectivity index (χ1v) is 27.6. The largest absolute Gasteiger partial charge is 0.506 e. The van der Waals surface area contributed by atoms with Gasteiger partial charge in [-0.15, -0.1) is 16.9 Å². The Morgan fingerprint density at radius 3 is 1.71 bits per heavy atom. The second kappa shape index (κ2) is 35.7. The fourth-order valence-electron chi connectivity index (χ4n) is 7.85. The number of nitro benzene ring substituents is 1. The number of hydrogen-bond donors (Lipinski definition) is 5. The summed E-state index contributed by atoms with van der Waals surface area (Å²) in [6.07, 6.45) is -0.192. The lowest BCUT2D eigenvalue weighted by atomic mass is 10.0. The Morgan fingerprint density at radius 2 is 1.09 bits per heavy atom. The highest BCUT2D eigenvalue weighted by atomic mass is 32.2. The number of carbonyl (C=O) groups excluding carboxylic acids is 3. The maximum atomic E-state index is 13.3. The molecule has 0 spiro atoms. The smallest absolute Gasteiger partial charge is 0.346 e. The van der Waals surface area contributed by atoms with Crippen LogP contribution < -0.4 is 15.4 Å². The van der Waals surface area contributed by atoms with Crippen LogP contribution in [-0.4, -0.2) is 64.1 Å². The summed E-state index contributed by atoms with van der Waals surface area (Å²) >= 11 is 2.55. The molecule has 1 heterocycles. The second-order valence-electron chi connectivity index (χ2n) is 17.7. The summed E-state index contributed by atoms with van der Waals surface area (Å²) in [7, 11) is 0. The first-order valence-electron chi connectivity index (χ1n) is 25.6. The molecule has 36 nitrogen and oxygen atoms in total. The zero-order valence-electron chi connectivity index (χ0n) is 47.1. The standard InChI is InChI=1S/C32H24N6O5S.C22H21NO24S/c1-20-9-5-8-14-26(20)33-31(40)25-18-29(23-12-6-7-13-24(23)30(25)39)43-28-16-15-21(17-27(28)38(41)42)19-44-32-34-35-36-37(32)22-10-3-2-4-11-22;1-13-7-8-14(2)18(11-13)23-22(26)17-12-19(15-5-3-4-6-16(15)21(17)25)48-10-9-20(24)28-30-32-34-36-38-40-42-44-46-47-45-43-41-39-37-35-33-31-29-27/h2-18,39H,19H2,1H3,(H,33,40);3-8,11-12,25,27H,9-10H2,1-2H3,(H,23,26). The van der Waals surface area contributed by atoms with Crippen molar-refractivity contribution >= 4 is 79.9 Å². The normalized spacial score (nSPS) is 11.1. The van der Waals surface area contributed by atoms with Crippen LogP contribution in [0, 0.1) is 30.9 Å². The van der Waals surface area contributed by atoms with Crippen LogP contribution in [0.5, 0.6) is 23.0 Å². The number of aryl methyl sites for hydroxylation is 3. The van der Waals surface area contributed by atoms with Crippen molar-refractivity contribution < 1.29 is 140 Å². The number of carbonyl (C=O) groups is 3. The minimum Gasteiger partial charge on any atom is -0.506 e. The zero-order valence-corrected chi connectivity index (χ0v) is 48.7. The van der Waals surface area contributed by atoms with E-state index in [0.29, 0.717) is 54.3 Å². The summed E-state index contributed by atoms with van der Waals surface area (Å²) in [5.74, 6) is -1.67. The summed E-state index contributed by atoms with van der Waals surface area (Å²) in [5.41, 5.74) is 5.07. The number of anilines is 2. The van der Waals surface area contributed by atoms with Gasteiger partial charge in [0.15, 0.2) is 0 Å². The molecule has 0 unspecified atom stereocenters. The molecule has 2 amide bonds. The number of thioether (sulfide) groups is 2. The third-order valence-corrected chi connectivity index (χ3v) is 14.0. The molecule has 0 aliphatic rings. The molecule has 9 rings (SSSR count). The lowest BCUT2D eigenvalue weighted by Gasteiger charge is -2.15. The van der Waals surface area contributed by atoms with E-state index in [1.54, 1.807) is 71.4 Å². The summed E-state index contributed by atoms with van der Waals surface area (Å²) in [6, 6.07) is 43.6. The molecule has 0 atom stereocenters. The van der Waals surface area contributed by atoms with Gasteiger partial charge < -0.3 is 25.6 Å². The number of amides is 2. The first-order chi connectivity index (χ1) is 44.8. The highest BCUT2D eigenvalue weighted by Crippen LogP contribution is 2.42. The fourth-order valence-corrected chi connectivity index (χ4v) is 9.70. The van der Waals surface area contributed by atoms with Gasteiger partial charge in [-0.2, -0.15) is 4.68 Å². The van der Waals surface area contributed by atoms with E-state index in [-0.39, 0.29) is 52.0 Å². The van der Waals surface area contributed by atoms with Crippen LogP contribution in [0.2, 0.25) is 0 Å². The molecule has 0 aliphatic carbocycles. The van der Waals surface area contributed by atoms with Crippen molar-refractivity contribution in [1.82, 2.24) is 20.2 Å².